The summed E-state index contributed by atoms with van der Waals surface area (Å²) in [4.78, 5) is 24.5. The molecule has 1 aliphatic rings. The predicted molar refractivity (Wildman–Crippen MR) is 76.9 cm³/mol. The second-order valence-electron chi connectivity index (χ2n) is 5.49. The fraction of sp³-hybridized carbons (Fsp3) is 0.467. The third-order valence-corrected chi connectivity index (χ3v) is 3.93. The van der Waals surface area contributed by atoms with Gasteiger partial charge >= 0.3 is 12.0 Å². The van der Waals surface area contributed by atoms with Crippen molar-refractivity contribution in [1.29, 1.82) is 0 Å². The van der Waals surface area contributed by atoms with E-state index in [1.807, 2.05) is 6.92 Å². The molecule has 1 saturated heterocycles. The molecule has 1 aromatic rings. The zero-order valence-electron chi connectivity index (χ0n) is 12.0. The lowest BCUT2D eigenvalue weighted by Gasteiger charge is -2.17. The first kappa shape index (κ1) is 15.3. The third-order valence-electron chi connectivity index (χ3n) is 3.93. The average Bonchev–Trinajstić information content (AvgIpc) is 2.86. The summed E-state index contributed by atoms with van der Waals surface area (Å²) >= 11 is 0. The van der Waals surface area contributed by atoms with Gasteiger partial charge in [0.25, 0.3) is 0 Å². The molecule has 6 heteroatoms. The molecule has 114 valence electrons. The highest BCUT2D eigenvalue weighted by molar-refractivity contribution is 5.87. The van der Waals surface area contributed by atoms with Gasteiger partial charge in [0.05, 0.1) is 5.56 Å². The van der Waals surface area contributed by atoms with Crippen LogP contribution in [0, 0.1) is 11.8 Å². The number of aromatic carboxylic acids is 1. The number of aliphatic hydroxyl groups is 1. The van der Waals surface area contributed by atoms with E-state index in [4.69, 9.17) is 5.11 Å². The van der Waals surface area contributed by atoms with Gasteiger partial charge in [-0.1, -0.05) is 19.1 Å². The smallest absolute Gasteiger partial charge is 0.335 e. The van der Waals surface area contributed by atoms with Crippen molar-refractivity contribution in [2.24, 2.45) is 11.8 Å². The number of nitrogens with one attached hydrogen (secondary N) is 1. The highest BCUT2D eigenvalue weighted by Crippen LogP contribution is 2.22. The molecule has 2 rings (SSSR count). The van der Waals surface area contributed by atoms with Crippen molar-refractivity contribution in [2.75, 3.05) is 19.7 Å². The Morgan fingerprint density at radius 3 is 2.48 bits per heavy atom. The lowest BCUT2D eigenvalue weighted by Crippen LogP contribution is -2.38. The Morgan fingerprint density at radius 2 is 1.95 bits per heavy atom. The Kier molecular flexibility index (Phi) is 4.80. The number of likely N-dealkylation sites (tertiary alicyclic amines) is 1. The Labute approximate surface area is 123 Å². The molecule has 21 heavy (non-hydrogen) atoms. The van der Waals surface area contributed by atoms with Crippen LogP contribution in [0.2, 0.25) is 0 Å². The van der Waals surface area contributed by atoms with Crippen molar-refractivity contribution in [3.63, 3.8) is 0 Å². The van der Waals surface area contributed by atoms with Crippen molar-refractivity contribution in [1.82, 2.24) is 10.2 Å². The van der Waals surface area contributed by atoms with Gasteiger partial charge in [-0.3, -0.25) is 0 Å². The molecular formula is C15H20N2O4. The van der Waals surface area contributed by atoms with Crippen molar-refractivity contribution in [3.05, 3.63) is 35.4 Å². The van der Waals surface area contributed by atoms with Crippen LogP contribution < -0.4 is 5.32 Å². The molecule has 0 bridgehead atoms. The van der Waals surface area contributed by atoms with Crippen LogP contribution in [0.1, 0.15) is 22.8 Å². The number of carbonyl (C=O) groups is 2. The predicted octanol–water partition coefficient (Wildman–Crippen LogP) is 1.15. The number of carboxylic acid groups (broad SMARTS) is 1. The van der Waals surface area contributed by atoms with Gasteiger partial charge in [-0.25, -0.2) is 9.59 Å². The number of carbonyl (C=O) groups excluding carboxylic acids is 1. The fourth-order valence-electron chi connectivity index (χ4n) is 2.49. The molecule has 1 heterocycles. The minimum atomic E-state index is -0.966. The van der Waals surface area contributed by atoms with Crippen LogP contribution in [0.5, 0.6) is 0 Å². The van der Waals surface area contributed by atoms with Crippen LogP contribution in [0.3, 0.4) is 0 Å². The second kappa shape index (κ2) is 6.58. The summed E-state index contributed by atoms with van der Waals surface area (Å²) in [6, 6.07) is 6.26. The molecule has 0 unspecified atom stereocenters. The Balaban J connectivity index is 1.85. The van der Waals surface area contributed by atoms with Crippen molar-refractivity contribution in [2.45, 2.75) is 13.5 Å². The molecule has 1 aliphatic heterocycles. The zero-order chi connectivity index (χ0) is 15.4. The van der Waals surface area contributed by atoms with Crippen molar-refractivity contribution in [3.8, 4) is 0 Å². The molecule has 2 amide bonds. The van der Waals surface area contributed by atoms with E-state index in [1.165, 1.54) is 12.1 Å². The summed E-state index contributed by atoms with van der Waals surface area (Å²) in [5.41, 5.74) is 1.07. The van der Waals surface area contributed by atoms with Crippen molar-refractivity contribution >= 4 is 12.0 Å². The molecular weight excluding hydrogens is 272 g/mol. The molecule has 2 atom stereocenters. The molecule has 6 nitrogen and oxygen atoms in total. The van der Waals surface area contributed by atoms with E-state index < -0.39 is 5.97 Å². The van der Waals surface area contributed by atoms with Gasteiger partial charge < -0.3 is 20.4 Å². The number of carboxylic acids is 1. The normalized spacial score (nSPS) is 21.3. The van der Waals surface area contributed by atoms with E-state index >= 15 is 0 Å². The molecule has 0 aromatic heterocycles. The average molecular weight is 292 g/mol. The highest BCUT2D eigenvalue weighted by Gasteiger charge is 2.31. The number of hydrogen-bond donors (Lipinski definition) is 3. The molecule has 0 radical (unpaired) electrons. The van der Waals surface area contributed by atoms with E-state index in [-0.39, 0.29) is 24.1 Å². The highest BCUT2D eigenvalue weighted by atomic mass is 16.4. The van der Waals surface area contributed by atoms with Crippen LogP contribution in [0.4, 0.5) is 4.79 Å². The molecule has 0 aliphatic carbocycles. The molecule has 1 fully saturated rings. The van der Waals surface area contributed by atoms with Gasteiger partial charge in [0.2, 0.25) is 0 Å². The Hall–Kier alpha value is -2.08. The van der Waals surface area contributed by atoms with Crippen LogP contribution in [-0.2, 0) is 6.54 Å². The summed E-state index contributed by atoms with van der Waals surface area (Å²) in [5, 5.41) is 20.8. The van der Waals surface area contributed by atoms with Crippen LogP contribution in [-0.4, -0.2) is 46.8 Å². The van der Waals surface area contributed by atoms with Gasteiger partial charge in [-0.05, 0) is 23.6 Å². The topological polar surface area (TPSA) is 89.9 Å². The Morgan fingerprint density at radius 1 is 1.29 bits per heavy atom. The van der Waals surface area contributed by atoms with Gasteiger partial charge in [-0.15, -0.1) is 0 Å². The van der Waals surface area contributed by atoms with Gasteiger partial charge in [-0.2, -0.15) is 0 Å². The number of nitrogens with zero attached hydrogens (tertiary/aromatic N) is 1. The number of rotatable bonds is 4. The van der Waals surface area contributed by atoms with Crippen LogP contribution >= 0.6 is 0 Å². The van der Waals surface area contributed by atoms with E-state index in [9.17, 15) is 14.7 Å². The van der Waals surface area contributed by atoms with Crippen molar-refractivity contribution < 1.29 is 19.8 Å². The molecule has 0 spiro atoms. The maximum atomic E-state index is 12.0. The number of amides is 2. The number of benzene rings is 1. The lowest BCUT2D eigenvalue weighted by molar-refractivity contribution is 0.0697. The monoisotopic (exact) mass is 292 g/mol. The quantitative estimate of drug-likeness (QED) is 0.776. The SMILES string of the molecule is C[C@@H]1CN(C(=O)NCc2ccc(C(=O)O)cc2)C[C@H]1CO. The summed E-state index contributed by atoms with van der Waals surface area (Å²) in [6.07, 6.45) is 0. The summed E-state index contributed by atoms with van der Waals surface area (Å²) in [7, 11) is 0. The maximum absolute atomic E-state index is 12.0. The summed E-state index contributed by atoms with van der Waals surface area (Å²) in [6.45, 7) is 3.70. The molecule has 1 aromatic carbocycles. The zero-order valence-corrected chi connectivity index (χ0v) is 12.0. The Bertz CT molecular complexity index is 515. The number of aliphatic hydroxyl groups excluding tert-OH is 1. The van der Waals surface area contributed by atoms with E-state index in [2.05, 4.69) is 5.32 Å². The summed E-state index contributed by atoms with van der Waals surface area (Å²) in [5.74, 6) is -0.520. The third kappa shape index (κ3) is 3.72. The molecule has 0 saturated carbocycles. The first-order chi connectivity index (χ1) is 10.0. The van der Waals surface area contributed by atoms with E-state index in [0.29, 0.717) is 25.6 Å². The second-order valence-corrected chi connectivity index (χ2v) is 5.49. The molecule has 3 N–H and O–H groups in total. The fourth-order valence-corrected chi connectivity index (χ4v) is 2.49. The van der Waals surface area contributed by atoms with Crippen LogP contribution in [0.15, 0.2) is 24.3 Å². The minimum absolute atomic E-state index is 0.0988. The first-order valence-electron chi connectivity index (χ1n) is 6.97. The van der Waals surface area contributed by atoms with Gasteiger partial charge in [0.15, 0.2) is 0 Å². The van der Waals surface area contributed by atoms with Gasteiger partial charge in [0, 0.05) is 32.2 Å². The standard InChI is InChI=1S/C15H20N2O4/c1-10-7-17(8-13(10)9-18)15(21)16-6-11-2-4-12(5-3-11)14(19)20/h2-5,10,13,18H,6-9H2,1H3,(H,16,21)(H,19,20)/t10-,13+/m1/s1. The number of urea groups is 1. The van der Waals surface area contributed by atoms with Crippen LogP contribution in [0.25, 0.3) is 0 Å². The van der Waals surface area contributed by atoms with E-state index in [1.54, 1.807) is 17.0 Å². The maximum Gasteiger partial charge on any atom is 0.335 e. The minimum Gasteiger partial charge on any atom is -0.478 e. The van der Waals surface area contributed by atoms with Gasteiger partial charge in [0.1, 0.15) is 0 Å². The first-order valence-corrected chi connectivity index (χ1v) is 6.97. The van der Waals surface area contributed by atoms with E-state index in [0.717, 1.165) is 5.56 Å². The largest absolute Gasteiger partial charge is 0.478 e. The summed E-state index contributed by atoms with van der Waals surface area (Å²) < 4.78 is 0. The number of hydrogen-bond acceptors (Lipinski definition) is 3. The lowest BCUT2D eigenvalue weighted by atomic mass is 10.00.